The number of hydrogen-bond donors (Lipinski definition) is 1. The van der Waals surface area contributed by atoms with Gasteiger partial charge in [-0.2, -0.15) is 0 Å². The summed E-state index contributed by atoms with van der Waals surface area (Å²) in [6, 6.07) is 3.57. The minimum atomic E-state index is -1.19. The Morgan fingerprint density at radius 1 is 1.54 bits per heavy atom. The molecule has 67 valence electrons. The molecule has 1 aromatic rings. The zero-order valence-electron chi connectivity index (χ0n) is 6.56. The van der Waals surface area contributed by atoms with Crippen LogP contribution >= 0.6 is 0 Å². The Labute approximate surface area is 73.8 Å². The molecule has 0 aromatic heterocycles. The maximum Gasteiger partial charge on any atom is 0.335 e. The molecule has 0 fully saturated rings. The first-order valence-electron chi connectivity index (χ1n) is 3.36. The summed E-state index contributed by atoms with van der Waals surface area (Å²) in [7, 11) is 0. The Morgan fingerprint density at radius 2 is 2.15 bits per heavy atom. The number of nitro groups is 1. The van der Waals surface area contributed by atoms with Crippen LogP contribution in [0.15, 0.2) is 18.2 Å². The average molecular weight is 180 g/mol. The van der Waals surface area contributed by atoms with Gasteiger partial charge in [0.1, 0.15) is 0 Å². The molecule has 0 atom stereocenters. The lowest BCUT2D eigenvalue weighted by atomic mass is 10.1. The van der Waals surface area contributed by atoms with Crippen LogP contribution in [0.5, 0.6) is 0 Å². The number of carboxylic acid groups (broad SMARTS) is 1. The van der Waals surface area contributed by atoms with E-state index in [0.717, 1.165) is 6.07 Å². The van der Waals surface area contributed by atoms with Crippen molar-refractivity contribution in [1.82, 2.24) is 0 Å². The fourth-order valence-electron chi connectivity index (χ4n) is 0.867. The molecule has 0 saturated carbocycles. The second kappa shape index (κ2) is 3.22. The van der Waals surface area contributed by atoms with Crippen molar-refractivity contribution in [2.24, 2.45) is 0 Å². The van der Waals surface area contributed by atoms with Gasteiger partial charge in [0.2, 0.25) is 0 Å². The van der Waals surface area contributed by atoms with Gasteiger partial charge in [0, 0.05) is 11.6 Å². The summed E-state index contributed by atoms with van der Waals surface area (Å²) < 4.78 is 0. The van der Waals surface area contributed by atoms with Crippen molar-refractivity contribution >= 4 is 11.7 Å². The Kier molecular flexibility index (Phi) is 2.27. The molecule has 0 amide bonds. The van der Waals surface area contributed by atoms with E-state index >= 15 is 0 Å². The molecule has 1 radical (unpaired) electrons. The molecule has 0 unspecified atom stereocenters. The first kappa shape index (κ1) is 9.18. The highest BCUT2D eigenvalue weighted by Gasteiger charge is 2.13. The predicted octanol–water partition coefficient (Wildman–Crippen LogP) is 1.48. The number of rotatable bonds is 2. The van der Waals surface area contributed by atoms with Crippen molar-refractivity contribution < 1.29 is 14.8 Å². The van der Waals surface area contributed by atoms with Crippen molar-refractivity contribution in [3.05, 3.63) is 46.4 Å². The molecule has 13 heavy (non-hydrogen) atoms. The number of carbonyl (C=O) groups is 1. The molecule has 0 saturated heterocycles. The first-order chi connectivity index (χ1) is 6.02. The maximum atomic E-state index is 10.4. The molecule has 0 aliphatic heterocycles. The molecular formula is C8H6NO4. The van der Waals surface area contributed by atoms with E-state index in [2.05, 4.69) is 6.92 Å². The van der Waals surface area contributed by atoms with Gasteiger partial charge in [0.05, 0.1) is 10.5 Å². The van der Waals surface area contributed by atoms with Crippen LogP contribution in [-0.4, -0.2) is 16.0 Å². The lowest BCUT2D eigenvalue weighted by Crippen LogP contribution is -1.99. The number of nitro benzene ring substituents is 1. The maximum absolute atomic E-state index is 10.4. The van der Waals surface area contributed by atoms with Crippen LogP contribution in [-0.2, 0) is 0 Å². The lowest BCUT2D eigenvalue weighted by Gasteiger charge is -1.97. The summed E-state index contributed by atoms with van der Waals surface area (Å²) in [4.78, 5) is 20.2. The number of benzene rings is 1. The van der Waals surface area contributed by atoms with Crippen molar-refractivity contribution in [2.45, 2.75) is 0 Å². The summed E-state index contributed by atoms with van der Waals surface area (Å²) in [6.45, 7) is 3.41. The van der Waals surface area contributed by atoms with Crippen molar-refractivity contribution in [3.63, 3.8) is 0 Å². The zero-order chi connectivity index (χ0) is 10.0. The molecule has 0 spiro atoms. The van der Waals surface area contributed by atoms with Gasteiger partial charge in [0.25, 0.3) is 5.69 Å². The normalized spacial score (nSPS) is 9.62. The van der Waals surface area contributed by atoms with Crippen LogP contribution in [0.25, 0.3) is 0 Å². The Balaban J connectivity index is 3.27. The fraction of sp³-hybridized carbons (Fsp3) is 0. The standard InChI is InChI=1S/C8H6NO4/c1-5-2-3-6(8(10)11)4-7(5)9(12)13/h2-4H,1H2,(H,10,11). The van der Waals surface area contributed by atoms with Gasteiger partial charge in [0.15, 0.2) is 0 Å². The minimum Gasteiger partial charge on any atom is -0.478 e. The van der Waals surface area contributed by atoms with Crippen LogP contribution in [0.3, 0.4) is 0 Å². The highest BCUT2D eigenvalue weighted by Crippen LogP contribution is 2.18. The van der Waals surface area contributed by atoms with Crippen molar-refractivity contribution in [2.75, 3.05) is 0 Å². The summed E-state index contributed by atoms with van der Waals surface area (Å²) in [5.74, 6) is -1.19. The monoisotopic (exact) mass is 180 g/mol. The molecule has 5 nitrogen and oxygen atoms in total. The van der Waals surface area contributed by atoms with Gasteiger partial charge in [-0.3, -0.25) is 10.1 Å². The van der Waals surface area contributed by atoms with E-state index in [1.54, 1.807) is 0 Å². The van der Waals surface area contributed by atoms with Crippen LogP contribution in [0.1, 0.15) is 15.9 Å². The highest BCUT2D eigenvalue weighted by atomic mass is 16.6. The second-order valence-electron chi connectivity index (χ2n) is 2.41. The van der Waals surface area contributed by atoms with Gasteiger partial charge in [-0.25, -0.2) is 4.79 Å². The zero-order valence-corrected chi connectivity index (χ0v) is 6.56. The largest absolute Gasteiger partial charge is 0.478 e. The molecule has 1 N–H and O–H groups in total. The van der Waals surface area contributed by atoms with E-state index < -0.39 is 10.9 Å². The van der Waals surface area contributed by atoms with E-state index in [4.69, 9.17) is 5.11 Å². The number of hydrogen-bond acceptors (Lipinski definition) is 3. The van der Waals surface area contributed by atoms with Crippen molar-refractivity contribution in [1.29, 1.82) is 0 Å². The Bertz CT molecular complexity index is 372. The van der Waals surface area contributed by atoms with Crippen LogP contribution in [0, 0.1) is 17.0 Å². The van der Waals surface area contributed by atoms with Crippen molar-refractivity contribution in [3.8, 4) is 0 Å². The Hall–Kier alpha value is -1.91. The first-order valence-corrected chi connectivity index (χ1v) is 3.36. The molecular weight excluding hydrogens is 174 g/mol. The summed E-state index contributed by atoms with van der Waals surface area (Å²) in [5, 5.41) is 18.9. The molecule has 0 aliphatic rings. The van der Waals surface area contributed by atoms with E-state index in [0.29, 0.717) is 0 Å². The number of nitrogens with zero attached hydrogens (tertiary/aromatic N) is 1. The summed E-state index contributed by atoms with van der Waals surface area (Å²) >= 11 is 0. The molecule has 0 bridgehead atoms. The minimum absolute atomic E-state index is 0.112. The predicted molar refractivity (Wildman–Crippen MR) is 44.5 cm³/mol. The van der Waals surface area contributed by atoms with Gasteiger partial charge >= 0.3 is 5.97 Å². The van der Waals surface area contributed by atoms with Gasteiger partial charge in [-0.05, 0) is 13.0 Å². The van der Waals surface area contributed by atoms with Gasteiger partial charge < -0.3 is 5.11 Å². The van der Waals surface area contributed by atoms with E-state index in [9.17, 15) is 14.9 Å². The summed E-state index contributed by atoms with van der Waals surface area (Å²) in [6.07, 6.45) is 0. The summed E-state index contributed by atoms with van der Waals surface area (Å²) in [5.41, 5.74) is -0.186. The number of carboxylic acids is 1. The van der Waals surface area contributed by atoms with E-state index in [1.807, 2.05) is 0 Å². The fourth-order valence-corrected chi connectivity index (χ4v) is 0.867. The number of aromatic carboxylic acids is 1. The second-order valence-corrected chi connectivity index (χ2v) is 2.41. The SMILES string of the molecule is [CH2]c1ccc(C(=O)O)cc1[N+](=O)[O-]. The Morgan fingerprint density at radius 3 is 2.62 bits per heavy atom. The van der Waals surface area contributed by atoms with Crippen LogP contribution in [0.4, 0.5) is 5.69 Å². The van der Waals surface area contributed by atoms with E-state index in [-0.39, 0.29) is 16.8 Å². The molecule has 1 aromatic carbocycles. The van der Waals surface area contributed by atoms with Crippen LogP contribution < -0.4 is 0 Å². The van der Waals surface area contributed by atoms with Gasteiger partial charge in [-0.15, -0.1) is 0 Å². The van der Waals surface area contributed by atoms with E-state index in [1.165, 1.54) is 12.1 Å². The molecule has 0 heterocycles. The highest BCUT2D eigenvalue weighted by molar-refractivity contribution is 5.88. The molecule has 1 rings (SSSR count). The third-order valence-corrected chi connectivity index (χ3v) is 1.53. The molecule has 0 aliphatic carbocycles. The quantitative estimate of drug-likeness (QED) is 0.552. The molecule has 5 heteroatoms. The van der Waals surface area contributed by atoms with Crippen LogP contribution in [0.2, 0.25) is 0 Å². The topological polar surface area (TPSA) is 80.4 Å². The lowest BCUT2D eigenvalue weighted by molar-refractivity contribution is -0.385. The third kappa shape index (κ3) is 1.81. The van der Waals surface area contributed by atoms with Gasteiger partial charge in [-0.1, -0.05) is 6.07 Å². The smallest absolute Gasteiger partial charge is 0.335 e. The third-order valence-electron chi connectivity index (χ3n) is 1.53. The average Bonchev–Trinajstić information content (AvgIpc) is 2.04.